The first-order valence-corrected chi connectivity index (χ1v) is 8.16. The van der Waals surface area contributed by atoms with Crippen LogP contribution < -0.4 is 5.32 Å². The molecule has 1 N–H and O–H groups in total. The molecule has 1 amide bonds. The van der Waals surface area contributed by atoms with Crippen molar-refractivity contribution in [3.63, 3.8) is 0 Å². The molecule has 4 heteroatoms. The zero-order valence-corrected chi connectivity index (χ0v) is 12.9. The standard InChI is InChI=1S/C19H20N2O2/c22-19-16-10-4-5-11-17(16)20-18(14-7-2-1-3-8-14)21(19)13-15-9-6-12-23-15/h1-5,7-8,10-11,15,18,20H,6,9,12-13H2. The van der Waals surface area contributed by atoms with Crippen molar-refractivity contribution >= 4 is 11.6 Å². The summed E-state index contributed by atoms with van der Waals surface area (Å²) in [6.07, 6.45) is 2.08. The molecule has 0 bridgehead atoms. The Morgan fingerprint density at radius 1 is 1.09 bits per heavy atom. The molecule has 2 aliphatic rings. The fourth-order valence-corrected chi connectivity index (χ4v) is 3.39. The lowest BCUT2D eigenvalue weighted by Crippen LogP contribution is -2.46. The number of benzene rings is 2. The van der Waals surface area contributed by atoms with E-state index in [0.29, 0.717) is 6.54 Å². The van der Waals surface area contributed by atoms with Crippen molar-refractivity contribution in [2.75, 3.05) is 18.5 Å². The fraction of sp³-hybridized carbons (Fsp3) is 0.316. The van der Waals surface area contributed by atoms with Crippen LogP contribution in [-0.2, 0) is 4.74 Å². The number of fused-ring (bicyclic) bond motifs is 1. The average Bonchev–Trinajstić information content (AvgIpc) is 3.11. The number of anilines is 1. The minimum absolute atomic E-state index is 0.0729. The Labute approximate surface area is 136 Å². The number of carbonyl (C=O) groups is 1. The van der Waals surface area contributed by atoms with Crippen LogP contribution in [0.15, 0.2) is 54.6 Å². The number of rotatable bonds is 3. The molecule has 23 heavy (non-hydrogen) atoms. The zero-order valence-electron chi connectivity index (χ0n) is 12.9. The van der Waals surface area contributed by atoms with Crippen molar-refractivity contribution in [1.82, 2.24) is 4.90 Å². The van der Waals surface area contributed by atoms with Crippen molar-refractivity contribution in [1.29, 1.82) is 0 Å². The molecular formula is C19H20N2O2. The van der Waals surface area contributed by atoms with Crippen LogP contribution in [0.5, 0.6) is 0 Å². The van der Waals surface area contributed by atoms with Crippen LogP contribution in [0.4, 0.5) is 5.69 Å². The van der Waals surface area contributed by atoms with Crippen LogP contribution in [-0.4, -0.2) is 30.1 Å². The van der Waals surface area contributed by atoms with Crippen LogP contribution in [0.1, 0.15) is 34.9 Å². The van der Waals surface area contributed by atoms with E-state index in [2.05, 4.69) is 17.4 Å². The van der Waals surface area contributed by atoms with Gasteiger partial charge in [0.15, 0.2) is 0 Å². The van der Waals surface area contributed by atoms with Crippen molar-refractivity contribution < 1.29 is 9.53 Å². The molecule has 2 heterocycles. The van der Waals surface area contributed by atoms with E-state index in [9.17, 15) is 4.79 Å². The monoisotopic (exact) mass is 308 g/mol. The third-order valence-corrected chi connectivity index (χ3v) is 4.56. The van der Waals surface area contributed by atoms with Gasteiger partial charge < -0.3 is 15.0 Å². The average molecular weight is 308 g/mol. The van der Waals surface area contributed by atoms with Crippen LogP contribution in [0.2, 0.25) is 0 Å². The quantitative estimate of drug-likeness (QED) is 0.944. The molecule has 2 aromatic rings. The maximum atomic E-state index is 13.0. The van der Waals surface area contributed by atoms with E-state index < -0.39 is 0 Å². The predicted octanol–water partition coefficient (Wildman–Crippen LogP) is 3.43. The summed E-state index contributed by atoms with van der Waals surface area (Å²) in [6.45, 7) is 1.42. The highest BCUT2D eigenvalue weighted by Crippen LogP contribution is 2.33. The molecule has 0 aromatic heterocycles. The Bertz CT molecular complexity index is 696. The van der Waals surface area contributed by atoms with Crippen molar-refractivity contribution in [2.45, 2.75) is 25.1 Å². The SMILES string of the molecule is O=C1c2ccccc2NC(c2ccccc2)N1CC1CCCO1. The molecule has 4 rings (SSSR count). The maximum Gasteiger partial charge on any atom is 0.257 e. The molecule has 2 unspecified atom stereocenters. The minimum Gasteiger partial charge on any atom is -0.376 e. The molecule has 0 spiro atoms. The molecule has 2 aliphatic heterocycles. The van der Waals surface area contributed by atoms with Gasteiger partial charge in [-0.05, 0) is 30.5 Å². The number of nitrogens with zero attached hydrogens (tertiary/aromatic N) is 1. The largest absolute Gasteiger partial charge is 0.376 e. The van der Waals surface area contributed by atoms with Gasteiger partial charge in [-0.3, -0.25) is 4.79 Å². The normalized spacial score (nSPS) is 23.5. The lowest BCUT2D eigenvalue weighted by Gasteiger charge is -2.39. The smallest absolute Gasteiger partial charge is 0.257 e. The molecule has 0 saturated carbocycles. The number of hydrogen-bond donors (Lipinski definition) is 1. The molecule has 2 aromatic carbocycles. The molecule has 1 saturated heterocycles. The van der Waals surface area contributed by atoms with Gasteiger partial charge in [-0.2, -0.15) is 0 Å². The summed E-state index contributed by atoms with van der Waals surface area (Å²) in [6, 6.07) is 17.8. The number of para-hydroxylation sites is 1. The first kappa shape index (κ1) is 14.3. The Kier molecular flexibility index (Phi) is 3.75. The molecule has 118 valence electrons. The number of ether oxygens (including phenoxy) is 1. The van der Waals surface area contributed by atoms with Gasteiger partial charge in [-0.1, -0.05) is 42.5 Å². The van der Waals surface area contributed by atoms with E-state index in [0.717, 1.165) is 36.3 Å². The first-order valence-electron chi connectivity index (χ1n) is 8.16. The van der Waals surface area contributed by atoms with Crippen LogP contribution >= 0.6 is 0 Å². The Morgan fingerprint density at radius 3 is 2.65 bits per heavy atom. The maximum absolute atomic E-state index is 13.0. The van der Waals surface area contributed by atoms with Gasteiger partial charge in [0.1, 0.15) is 6.17 Å². The first-order chi connectivity index (χ1) is 11.3. The molecule has 2 atom stereocenters. The van der Waals surface area contributed by atoms with Gasteiger partial charge in [0.2, 0.25) is 0 Å². The number of hydrogen-bond acceptors (Lipinski definition) is 3. The highest BCUT2D eigenvalue weighted by molar-refractivity contribution is 6.01. The third-order valence-electron chi connectivity index (χ3n) is 4.56. The Balaban J connectivity index is 1.70. The van der Waals surface area contributed by atoms with E-state index in [-0.39, 0.29) is 18.2 Å². The summed E-state index contributed by atoms with van der Waals surface area (Å²) >= 11 is 0. The van der Waals surface area contributed by atoms with Gasteiger partial charge in [-0.25, -0.2) is 0 Å². The summed E-state index contributed by atoms with van der Waals surface area (Å²) in [4.78, 5) is 14.9. The highest BCUT2D eigenvalue weighted by Gasteiger charge is 2.34. The lowest BCUT2D eigenvalue weighted by molar-refractivity contribution is 0.0427. The second-order valence-electron chi connectivity index (χ2n) is 6.10. The summed E-state index contributed by atoms with van der Waals surface area (Å²) in [5, 5.41) is 3.52. The number of carbonyl (C=O) groups excluding carboxylic acids is 1. The van der Waals surface area contributed by atoms with Crippen molar-refractivity contribution in [2.24, 2.45) is 0 Å². The molecule has 0 aliphatic carbocycles. The highest BCUT2D eigenvalue weighted by atomic mass is 16.5. The Morgan fingerprint density at radius 2 is 1.87 bits per heavy atom. The second-order valence-corrected chi connectivity index (χ2v) is 6.10. The van der Waals surface area contributed by atoms with Crippen molar-refractivity contribution in [3.05, 3.63) is 65.7 Å². The zero-order chi connectivity index (χ0) is 15.6. The number of nitrogens with one attached hydrogen (secondary N) is 1. The van der Waals surface area contributed by atoms with Crippen LogP contribution in [0, 0.1) is 0 Å². The van der Waals surface area contributed by atoms with Crippen molar-refractivity contribution in [3.8, 4) is 0 Å². The summed E-state index contributed by atoms with van der Waals surface area (Å²) in [7, 11) is 0. The summed E-state index contributed by atoms with van der Waals surface area (Å²) in [5.74, 6) is 0.0729. The summed E-state index contributed by atoms with van der Waals surface area (Å²) < 4.78 is 5.75. The van der Waals surface area contributed by atoms with E-state index in [1.54, 1.807) is 0 Å². The molecule has 1 fully saturated rings. The predicted molar refractivity (Wildman–Crippen MR) is 89.3 cm³/mol. The third kappa shape index (κ3) is 2.70. The van der Waals surface area contributed by atoms with E-state index in [1.807, 2.05) is 47.4 Å². The van der Waals surface area contributed by atoms with Gasteiger partial charge in [0.05, 0.1) is 11.7 Å². The molecule has 0 radical (unpaired) electrons. The van der Waals surface area contributed by atoms with E-state index in [1.165, 1.54) is 0 Å². The van der Waals surface area contributed by atoms with Gasteiger partial charge in [0, 0.05) is 18.8 Å². The minimum atomic E-state index is -0.150. The van der Waals surface area contributed by atoms with Crippen LogP contribution in [0.25, 0.3) is 0 Å². The summed E-state index contributed by atoms with van der Waals surface area (Å²) in [5.41, 5.74) is 2.72. The Hall–Kier alpha value is -2.33. The molecular weight excluding hydrogens is 288 g/mol. The van der Waals surface area contributed by atoms with Gasteiger partial charge in [-0.15, -0.1) is 0 Å². The topological polar surface area (TPSA) is 41.6 Å². The second kappa shape index (κ2) is 6.05. The van der Waals surface area contributed by atoms with Gasteiger partial charge in [0.25, 0.3) is 5.91 Å². The van der Waals surface area contributed by atoms with E-state index >= 15 is 0 Å². The number of amides is 1. The van der Waals surface area contributed by atoms with Gasteiger partial charge >= 0.3 is 0 Å². The van der Waals surface area contributed by atoms with Crippen LogP contribution in [0.3, 0.4) is 0 Å². The fourth-order valence-electron chi connectivity index (χ4n) is 3.39. The van der Waals surface area contributed by atoms with E-state index in [4.69, 9.17) is 4.74 Å². The lowest BCUT2D eigenvalue weighted by atomic mass is 10.0. The molecule has 4 nitrogen and oxygen atoms in total.